The topological polar surface area (TPSA) is 103 Å². The largest absolute Gasteiger partial charge is 0.497 e. The van der Waals surface area contributed by atoms with Crippen molar-refractivity contribution in [1.29, 1.82) is 5.41 Å². The maximum Gasteiger partial charge on any atom is 0.290 e. The molecule has 3 N–H and O–H groups in total. The van der Waals surface area contributed by atoms with E-state index in [2.05, 4.69) is 11.9 Å². The summed E-state index contributed by atoms with van der Waals surface area (Å²) in [5.74, 6) is 0.669. The molecule has 1 rings (SSSR count). The predicted octanol–water partition coefficient (Wildman–Crippen LogP) is 3.11. The molecule has 1 amide bonds. The number of carbonyl (C=O) groups is 2. The Balaban J connectivity index is 0.00000178. The third kappa shape index (κ3) is 14.0. The Hall–Kier alpha value is -2.05. The van der Waals surface area contributed by atoms with Crippen LogP contribution in [-0.2, 0) is 14.3 Å². The molecule has 0 bridgehead atoms. The second kappa shape index (κ2) is 15.5. The average Bonchev–Trinajstić information content (AvgIpc) is 2.55. The number of guanidine groups is 1. The number of amides is 1. The molecule has 1 fully saturated rings. The number of nitrogens with zero attached hydrogens (tertiary/aromatic N) is 1. The number of hydrogen-bond donors (Lipinski definition) is 3. The summed E-state index contributed by atoms with van der Waals surface area (Å²) in [6.07, 6.45) is 11.1. The molecule has 0 spiro atoms. The summed E-state index contributed by atoms with van der Waals surface area (Å²) in [5, 5.41) is 17.4. The number of hydrogen-bond acceptors (Lipinski definition) is 4. The zero-order valence-electron chi connectivity index (χ0n) is 15.4. The van der Waals surface area contributed by atoms with E-state index in [0.29, 0.717) is 25.3 Å². The van der Waals surface area contributed by atoms with Crippen LogP contribution in [0.4, 0.5) is 0 Å². The fourth-order valence-electron chi connectivity index (χ4n) is 2.52. The molecule has 0 aromatic heterocycles. The van der Waals surface area contributed by atoms with Crippen LogP contribution in [0.3, 0.4) is 0 Å². The fraction of sp³-hybridized carbons (Fsp3) is 0.722. The molecule has 0 unspecified atom stereocenters. The number of carbonyl (C=O) groups excluding carboxylic acids is 1. The Morgan fingerprint density at radius 2 is 1.60 bits per heavy atom. The highest BCUT2D eigenvalue weighted by molar-refractivity contribution is 5.95. The van der Waals surface area contributed by atoms with E-state index < -0.39 is 0 Å². The van der Waals surface area contributed by atoms with Crippen LogP contribution in [0.25, 0.3) is 0 Å². The van der Waals surface area contributed by atoms with E-state index in [9.17, 15) is 4.79 Å². The Kier molecular flexibility index (Phi) is 14.2. The highest BCUT2D eigenvalue weighted by Crippen LogP contribution is 2.11. The van der Waals surface area contributed by atoms with Gasteiger partial charge in [-0.3, -0.25) is 20.3 Å². The first-order valence-corrected chi connectivity index (χ1v) is 8.99. The first-order chi connectivity index (χ1) is 12.0. The lowest BCUT2D eigenvalue weighted by molar-refractivity contribution is -0.123. The molecular weight excluding hydrogens is 322 g/mol. The summed E-state index contributed by atoms with van der Waals surface area (Å²) in [4.78, 5) is 21.8. The molecule has 0 radical (unpaired) electrons. The zero-order valence-corrected chi connectivity index (χ0v) is 15.4. The number of nitrogens with one attached hydrogen (secondary N) is 2. The van der Waals surface area contributed by atoms with Crippen LogP contribution in [-0.4, -0.2) is 48.5 Å². The van der Waals surface area contributed by atoms with Crippen molar-refractivity contribution in [2.24, 2.45) is 0 Å². The molecule has 7 nitrogen and oxygen atoms in total. The highest BCUT2D eigenvalue weighted by atomic mass is 16.5. The van der Waals surface area contributed by atoms with Gasteiger partial charge in [-0.05, 0) is 12.8 Å². The summed E-state index contributed by atoms with van der Waals surface area (Å²) < 4.78 is 5.59. The zero-order chi connectivity index (χ0) is 18.9. The van der Waals surface area contributed by atoms with Crippen molar-refractivity contribution in [2.45, 2.75) is 64.2 Å². The third-order valence-electron chi connectivity index (χ3n) is 3.91. The van der Waals surface area contributed by atoms with Gasteiger partial charge in [0.2, 0.25) is 5.91 Å². The van der Waals surface area contributed by atoms with Gasteiger partial charge in [0.25, 0.3) is 6.47 Å². The number of rotatable bonds is 0. The molecule has 1 heterocycles. The standard InChI is InChI=1S/C17H31N3O2.CH2O2/c1-15-14-20(2)17(18)19-16(21)12-10-8-6-4-3-5-7-9-11-13-22-15;2-1-3/h1,3-14H2,2H3,(H2,18,19,21);1H,(H,2,3). The van der Waals surface area contributed by atoms with Crippen LogP contribution in [0.15, 0.2) is 12.3 Å². The second-order valence-corrected chi connectivity index (χ2v) is 6.18. The van der Waals surface area contributed by atoms with Crippen molar-refractivity contribution < 1.29 is 19.4 Å². The molecule has 0 aromatic rings. The maximum absolute atomic E-state index is 11.8. The number of likely N-dealkylation sites (N-methyl/N-ethyl adjacent to an activating group) is 1. The minimum Gasteiger partial charge on any atom is -0.497 e. The van der Waals surface area contributed by atoms with Gasteiger partial charge >= 0.3 is 0 Å². The molecule has 7 heteroatoms. The maximum atomic E-state index is 11.8. The summed E-state index contributed by atoms with van der Waals surface area (Å²) >= 11 is 0. The molecule has 0 aromatic carbocycles. The van der Waals surface area contributed by atoms with Crippen molar-refractivity contribution in [3.05, 3.63) is 12.3 Å². The summed E-state index contributed by atoms with van der Waals surface area (Å²) in [6.45, 7) is 4.74. The normalized spacial score (nSPS) is 19.4. The van der Waals surface area contributed by atoms with Gasteiger partial charge in [0.1, 0.15) is 5.76 Å². The van der Waals surface area contributed by atoms with Crippen LogP contribution in [0.5, 0.6) is 0 Å². The molecule has 1 saturated heterocycles. The van der Waals surface area contributed by atoms with Crippen LogP contribution in [0.1, 0.15) is 64.2 Å². The number of ether oxygens (including phenoxy) is 1. The quantitative estimate of drug-likeness (QED) is 0.579. The molecule has 0 saturated carbocycles. The Bertz CT molecular complexity index is 413. The van der Waals surface area contributed by atoms with Gasteiger partial charge in [0, 0.05) is 13.5 Å². The minimum absolute atomic E-state index is 0.0792. The molecule has 25 heavy (non-hydrogen) atoms. The van der Waals surface area contributed by atoms with E-state index in [1.54, 1.807) is 11.9 Å². The van der Waals surface area contributed by atoms with Crippen LogP contribution in [0, 0.1) is 5.41 Å². The van der Waals surface area contributed by atoms with Crippen molar-refractivity contribution in [1.82, 2.24) is 10.2 Å². The Morgan fingerprint density at radius 1 is 1.12 bits per heavy atom. The van der Waals surface area contributed by atoms with Gasteiger partial charge in [-0.1, -0.05) is 51.5 Å². The first-order valence-electron chi connectivity index (χ1n) is 8.99. The second-order valence-electron chi connectivity index (χ2n) is 6.18. The van der Waals surface area contributed by atoms with Gasteiger partial charge in [0.15, 0.2) is 5.96 Å². The summed E-state index contributed by atoms with van der Waals surface area (Å²) in [5.41, 5.74) is 0. The van der Waals surface area contributed by atoms with Crippen molar-refractivity contribution in [2.75, 3.05) is 20.2 Å². The third-order valence-corrected chi connectivity index (χ3v) is 3.91. The molecule has 1 aliphatic rings. The van der Waals surface area contributed by atoms with Gasteiger partial charge in [-0.2, -0.15) is 0 Å². The van der Waals surface area contributed by atoms with E-state index in [0.717, 1.165) is 19.3 Å². The van der Waals surface area contributed by atoms with E-state index in [4.69, 9.17) is 20.0 Å². The predicted molar refractivity (Wildman–Crippen MR) is 98.5 cm³/mol. The van der Waals surface area contributed by atoms with Gasteiger partial charge in [-0.15, -0.1) is 0 Å². The smallest absolute Gasteiger partial charge is 0.290 e. The molecular formula is C18H33N3O4. The van der Waals surface area contributed by atoms with E-state index >= 15 is 0 Å². The average molecular weight is 355 g/mol. The lowest BCUT2D eigenvalue weighted by atomic mass is 10.1. The van der Waals surface area contributed by atoms with E-state index in [-0.39, 0.29) is 18.3 Å². The lowest BCUT2D eigenvalue weighted by Crippen LogP contribution is -2.42. The van der Waals surface area contributed by atoms with Gasteiger partial charge < -0.3 is 14.7 Å². The summed E-state index contributed by atoms with van der Waals surface area (Å²) in [6, 6.07) is 0. The molecule has 1 aliphatic heterocycles. The first kappa shape index (κ1) is 22.9. The SMILES string of the molecule is C=C1CN(C)C(=N)NC(=O)CCCCCCCCCCCO1.O=CO. The highest BCUT2D eigenvalue weighted by Gasteiger charge is 2.10. The summed E-state index contributed by atoms with van der Waals surface area (Å²) in [7, 11) is 1.76. The molecule has 144 valence electrons. The minimum atomic E-state index is -0.250. The van der Waals surface area contributed by atoms with Crippen LogP contribution < -0.4 is 5.32 Å². The molecule has 0 atom stereocenters. The van der Waals surface area contributed by atoms with Gasteiger partial charge in [-0.25, -0.2) is 0 Å². The number of carboxylic acid groups (broad SMARTS) is 1. The fourth-order valence-corrected chi connectivity index (χ4v) is 2.52. The van der Waals surface area contributed by atoms with Gasteiger partial charge in [0.05, 0.1) is 13.2 Å². The van der Waals surface area contributed by atoms with E-state index in [1.807, 2.05) is 0 Å². The van der Waals surface area contributed by atoms with Crippen molar-refractivity contribution in [3.63, 3.8) is 0 Å². The molecule has 0 aliphatic carbocycles. The lowest BCUT2D eigenvalue weighted by Gasteiger charge is -2.21. The van der Waals surface area contributed by atoms with E-state index in [1.165, 1.54) is 38.5 Å². The van der Waals surface area contributed by atoms with Crippen molar-refractivity contribution >= 4 is 18.3 Å². The van der Waals surface area contributed by atoms with Crippen LogP contribution >= 0.6 is 0 Å². The monoisotopic (exact) mass is 355 g/mol. The Morgan fingerprint density at radius 3 is 2.16 bits per heavy atom. The van der Waals surface area contributed by atoms with Crippen LogP contribution in [0.2, 0.25) is 0 Å². The van der Waals surface area contributed by atoms with Crippen molar-refractivity contribution in [3.8, 4) is 0 Å². The Labute approximate surface area is 150 Å².